The van der Waals surface area contributed by atoms with Crippen LogP contribution in [0.5, 0.6) is 0 Å². The highest BCUT2D eigenvalue weighted by Crippen LogP contribution is 2.22. The van der Waals surface area contributed by atoms with Crippen molar-refractivity contribution in [3.05, 3.63) is 40.7 Å². The summed E-state index contributed by atoms with van der Waals surface area (Å²) in [5, 5.41) is 18.7. The molecule has 0 bridgehead atoms. The Morgan fingerprint density at radius 2 is 1.86 bits per heavy atom. The highest BCUT2D eigenvalue weighted by atomic mass is 16.4. The van der Waals surface area contributed by atoms with Gasteiger partial charge in [-0.25, -0.2) is 4.68 Å². The van der Waals surface area contributed by atoms with Crippen LogP contribution in [-0.2, 0) is 11.3 Å². The molecule has 1 heterocycles. The Morgan fingerprint density at radius 3 is 2.43 bits per heavy atom. The number of nitrogens with zero attached hydrogens (tertiary/aromatic N) is 3. The second-order valence-electron chi connectivity index (χ2n) is 4.92. The number of aryl methyl sites for hydroxylation is 3. The maximum absolute atomic E-state index is 12.1. The summed E-state index contributed by atoms with van der Waals surface area (Å²) in [4.78, 5) is 22.7. The zero-order chi connectivity index (χ0) is 15.6. The Bertz CT molecular complexity index is 683. The number of carboxylic acid groups (broad SMARTS) is 1. The molecule has 2 rings (SSSR count). The van der Waals surface area contributed by atoms with E-state index in [9.17, 15) is 9.59 Å². The molecule has 1 aromatic heterocycles. The monoisotopic (exact) mass is 288 g/mol. The molecule has 0 aliphatic heterocycles. The Kier molecular flexibility index (Phi) is 4.02. The molecule has 0 radical (unpaired) electrons. The number of hydrogen-bond donors (Lipinski definition) is 2. The van der Waals surface area contributed by atoms with Gasteiger partial charge in [-0.05, 0) is 31.9 Å². The Hall–Kier alpha value is -2.70. The third-order valence-electron chi connectivity index (χ3n) is 2.98. The Morgan fingerprint density at radius 1 is 1.24 bits per heavy atom. The molecule has 0 saturated carbocycles. The van der Waals surface area contributed by atoms with E-state index in [4.69, 9.17) is 5.11 Å². The molecule has 7 nitrogen and oxygen atoms in total. The average Bonchev–Trinajstić information content (AvgIpc) is 2.81. The largest absolute Gasteiger partial charge is 0.480 e. The van der Waals surface area contributed by atoms with E-state index in [2.05, 4.69) is 15.6 Å². The highest BCUT2D eigenvalue weighted by molar-refractivity contribution is 6.03. The lowest BCUT2D eigenvalue weighted by molar-refractivity contribution is -0.137. The number of amides is 1. The maximum Gasteiger partial charge on any atom is 0.325 e. The fraction of sp³-hybridized carbons (Fsp3) is 0.286. The fourth-order valence-corrected chi connectivity index (χ4v) is 2.17. The Labute approximate surface area is 121 Å². The van der Waals surface area contributed by atoms with Crippen molar-refractivity contribution in [3.8, 4) is 0 Å². The van der Waals surface area contributed by atoms with Crippen LogP contribution >= 0.6 is 0 Å². The number of nitrogens with one attached hydrogen (secondary N) is 1. The predicted octanol–water partition coefficient (Wildman–Crippen LogP) is 1.54. The van der Waals surface area contributed by atoms with E-state index < -0.39 is 11.9 Å². The van der Waals surface area contributed by atoms with Crippen molar-refractivity contribution >= 4 is 17.6 Å². The summed E-state index contributed by atoms with van der Waals surface area (Å²) < 4.78 is 1.10. The average molecular weight is 288 g/mol. The van der Waals surface area contributed by atoms with Crippen molar-refractivity contribution in [2.45, 2.75) is 27.3 Å². The number of hydrogen-bond acceptors (Lipinski definition) is 4. The van der Waals surface area contributed by atoms with E-state index in [1.807, 2.05) is 32.9 Å². The number of carboxylic acids is 1. The number of anilines is 1. The standard InChI is InChI=1S/C14H16N4O3/c1-8-4-9(2)13(10(3)5-8)15-14(21)11-6-18(17-16-11)7-12(19)20/h4-6H,7H2,1-3H3,(H,15,21)(H,19,20). The zero-order valence-corrected chi connectivity index (χ0v) is 12.0. The van der Waals surface area contributed by atoms with Crippen LogP contribution in [-0.4, -0.2) is 32.0 Å². The van der Waals surface area contributed by atoms with Gasteiger partial charge >= 0.3 is 5.97 Å². The summed E-state index contributed by atoms with van der Waals surface area (Å²) >= 11 is 0. The van der Waals surface area contributed by atoms with Crippen LogP contribution in [0.3, 0.4) is 0 Å². The number of carbonyl (C=O) groups is 2. The van der Waals surface area contributed by atoms with E-state index in [1.165, 1.54) is 6.20 Å². The smallest absolute Gasteiger partial charge is 0.325 e. The minimum Gasteiger partial charge on any atom is -0.480 e. The number of aliphatic carboxylic acids is 1. The molecule has 0 unspecified atom stereocenters. The normalized spacial score (nSPS) is 10.4. The van der Waals surface area contributed by atoms with Crippen molar-refractivity contribution in [1.82, 2.24) is 15.0 Å². The second kappa shape index (κ2) is 5.74. The zero-order valence-electron chi connectivity index (χ0n) is 12.0. The SMILES string of the molecule is Cc1cc(C)c(NC(=O)c2cn(CC(=O)O)nn2)c(C)c1. The first kappa shape index (κ1) is 14.7. The van der Waals surface area contributed by atoms with Gasteiger partial charge < -0.3 is 10.4 Å². The predicted molar refractivity (Wildman–Crippen MR) is 76.3 cm³/mol. The first-order chi connectivity index (χ1) is 9.86. The molecule has 110 valence electrons. The number of aromatic nitrogens is 3. The van der Waals surface area contributed by atoms with Gasteiger partial charge in [-0.15, -0.1) is 5.10 Å². The van der Waals surface area contributed by atoms with E-state index in [-0.39, 0.29) is 12.2 Å². The molecule has 0 aliphatic rings. The molecule has 0 fully saturated rings. The van der Waals surface area contributed by atoms with E-state index in [1.54, 1.807) is 0 Å². The summed E-state index contributed by atoms with van der Waals surface area (Å²) in [7, 11) is 0. The van der Waals surface area contributed by atoms with E-state index >= 15 is 0 Å². The van der Waals surface area contributed by atoms with E-state index in [0.29, 0.717) is 0 Å². The van der Waals surface area contributed by atoms with Gasteiger partial charge in [-0.2, -0.15) is 0 Å². The van der Waals surface area contributed by atoms with Crippen LogP contribution in [0.25, 0.3) is 0 Å². The molecular formula is C14H16N4O3. The molecule has 0 spiro atoms. The molecule has 1 aromatic carbocycles. The fourth-order valence-electron chi connectivity index (χ4n) is 2.17. The summed E-state index contributed by atoms with van der Waals surface area (Å²) in [5.41, 5.74) is 3.85. The number of rotatable bonds is 4. The first-order valence-electron chi connectivity index (χ1n) is 6.38. The van der Waals surface area contributed by atoms with Gasteiger partial charge in [0.2, 0.25) is 0 Å². The lowest BCUT2D eigenvalue weighted by Gasteiger charge is -2.11. The number of carbonyl (C=O) groups excluding carboxylic acids is 1. The summed E-state index contributed by atoms with van der Waals surface area (Å²) in [6, 6.07) is 3.95. The van der Waals surface area contributed by atoms with Gasteiger partial charge in [0.15, 0.2) is 5.69 Å². The van der Waals surface area contributed by atoms with Gasteiger partial charge in [0, 0.05) is 5.69 Å². The second-order valence-corrected chi connectivity index (χ2v) is 4.92. The van der Waals surface area contributed by atoms with Crippen LogP contribution in [0, 0.1) is 20.8 Å². The van der Waals surface area contributed by atoms with Crippen LogP contribution in [0.4, 0.5) is 5.69 Å². The van der Waals surface area contributed by atoms with Crippen molar-refractivity contribution in [1.29, 1.82) is 0 Å². The lowest BCUT2D eigenvalue weighted by Crippen LogP contribution is -2.14. The molecular weight excluding hydrogens is 272 g/mol. The third-order valence-corrected chi connectivity index (χ3v) is 2.98. The van der Waals surface area contributed by atoms with Crippen molar-refractivity contribution in [2.75, 3.05) is 5.32 Å². The molecule has 2 aromatic rings. The maximum atomic E-state index is 12.1. The highest BCUT2D eigenvalue weighted by Gasteiger charge is 2.14. The van der Waals surface area contributed by atoms with Crippen molar-refractivity contribution in [2.24, 2.45) is 0 Å². The Balaban J connectivity index is 2.18. The van der Waals surface area contributed by atoms with Gasteiger partial charge in [-0.3, -0.25) is 9.59 Å². The topological polar surface area (TPSA) is 97.1 Å². The van der Waals surface area contributed by atoms with E-state index in [0.717, 1.165) is 27.1 Å². The van der Waals surface area contributed by atoms with Gasteiger partial charge in [0.25, 0.3) is 5.91 Å². The molecule has 0 saturated heterocycles. The lowest BCUT2D eigenvalue weighted by atomic mass is 10.1. The van der Waals surface area contributed by atoms with Crippen molar-refractivity contribution in [3.63, 3.8) is 0 Å². The molecule has 2 N–H and O–H groups in total. The third kappa shape index (κ3) is 3.44. The van der Waals surface area contributed by atoms with Crippen LogP contribution < -0.4 is 5.32 Å². The first-order valence-corrected chi connectivity index (χ1v) is 6.38. The van der Waals surface area contributed by atoms with Gasteiger partial charge in [0.05, 0.1) is 6.20 Å². The van der Waals surface area contributed by atoms with Gasteiger partial charge in [0.1, 0.15) is 6.54 Å². The van der Waals surface area contributed by atoms with Gasteiger partial charge in [-0.1, -0.05) is 22.9 Å². The molecule has 1 amide bonds. The van der Waals surface area contributed by atoms with Crippen molar-refractivity contribution < 1.29 is 14.7 Å². The summed E-state index contributed by atoms with van der Waals surface area (Å²) in [6.45, 7) is 5.49. The minimum absolute atomic E-state index is 0.0793. The van der Waals surface area contributed by atoms with Crippen LogP contribution in [0.2, 0.25) is 0 Å². The summed E-state index contributed by atoms with van der Waals surface area (Å²) in [5.74, 6) is -1.46. The molecule has 21 heavy (non-hydrogen) atoms. The molecule has 7 heteroatoms. The minimum atomic E-state index is -1.04. The number of benzene rings is 1. The van der Waals surface area contributed by atoms with Crippen LogP contribution in [0.1, 0.15) is 27.2 Å². The molecule has 0 aliphatic carbocycles. The molecule has 0 atom stereocenters. The summed E-state index contributed by atoms with van der Waals surface area (Å²) in [6.07, 6.45) is 1.31. The quantitative estimate of drug-likeness (QED) is 0.889. The van der Waals surface area contributed by atoms with Crippen LogP contribution in [0.15, 0.2) is 18.3 Å².